The van der Waals surface area contributed by atoms with Crippen LogP contribution in [0.25, 0.3) is 0 Å². The van der Waals surface area contributed by atoms with Crippen LogP contribution in [-0.4, -0.2) is 46.8 Å². The molecule has 1 amide bonds. The summed E-state index contributed by atoms with van der Waals surface area (Å²) in [7, 11) is 1.51. The molecule has 1 rings (SSSR count). The number of pyridine rings is 1. The van der Waals surface area contributed by atoms with E-state index in [1.165, 1.54) is 25.4 Å². The van der Waals surface area contributed by atoms with Gasteiger partial charge in [0.25, 0.3) is 5.91 Å². The quantitative estimate of drug-likeness (QED) is 0.617. The first-order valence-corrected chi connectivity index (χ1v) is 5.73. The maximum absolute atomic E-state index is 11.8. The molecular weight excluding hydrogens is 252 g/mol. The van der Waals surface area contributed by atoms with Crippen LogP contribution < -0.4 is 5.32 Å². The smallest absolute Gasteiger partial charge is 0.326 e. The lowest BCUT2D eigenvalue weighted by molar-refractivity contribution is -0.139. The van der Waals surface area contributed by atoms with Crippen molar-refractivity contribution < 1.29 is 24.5 Å². The summed E-state index contributed by atoms with van der Waals surface area (Å²) in [5, 5.41) is 20.8. The third kappa shape index (κ3) is 4.55. The van der Waals surface area contributed by atoms with E-state index < -0.39 is 17.9 Å². The van der Waals surface area contributed by atoms with Gasteiger partial charge in [-0.15, -0.1) is 0 Å². The fourth-order valence-corrected chi connectivity index (χ4v) is 1.49. The minimum Gasteiger partial charge on any atom is -0.505 e. The minimum absolute atomic E-state index is 0.194. The Bertz CT molecular complexity index is 450. The van der Waals surface area contributed by atoms with Crippen LogP contribution in [0.4, 0.5) is 0 Å². The molecule has 19 heavy (non-hydrogen) atoms. The second-order valence-electron chi connectivity index (χ2n) is 3.87. The van der Waals surface area contributed by atoms with Gasteiger partial charge in [0.1, 0.15) is 11.8 Å². The van der Waals surface area contributed by atoms with E-state index in [9.17, 15) is 14.7 Å². The number of carbonyl (C=O) groups excluding carboxylic acids is 1. The molecule has 1 aromatic rings. The van der Waals surface area contributed by atoms with Gasteiger partial charge in [-0.1, -0.05) is 0 Å². The normalized spacial score (nSPS) is 11.8. The monoisotopic (exact) mass is 268 g/mol. The summed E-state index contributed by atoms with van der Waals surface area (Å²) < 4.78 is 4.82. The van der Waals surface area contributed by atoms with Crippen molar-refractivity contribution in [1.29, 1.82) is 0 Å². The molecule has 0 fully saturated rings. The molecule has 0 saturated heterocycles. The van der Waals surface area contributed by atoms with E-state index in [0.717, 1.165) is 0 Å². The Morgan fingerprint density at radius 2 is 2.26 bits per heavy atom. The zero-order valence-electron chi connectivity index (χ0n) is 10.5. The van der Waals surface area contributed by atoms with Crippen LogP contribution in [0.3, 0.4) is 0 Å². The zero-order chi connectivity index (χ0) is 14.3. The van der Waals surface area contributed by atoms with E-state index in [1.54, 1.807) is 0 Å². The number of rotatable bonds is 7. The first-order chi connectivity index (χ1) is 9.06. The number of nitrogens with zero attached hydrogens (tertiary/aromatic N) is 1. The highest BCUT2D eigenvalue weighted by molar-refractivity contribution is 5.96. The van der Waals surface area contributed by atoms with Crippen molar-refractivity contribution in [2.75, 3.05) is 13.7 Å². The highest BCUT2D eigenvalue weighted by Gasteiger charge is 2.22. The number of methoxy groups -OCH3 is 1. The first-order valence-electron chi connectivity index (χ1n) is 5.73. The Morgan fingerprint density at radius 1 is 1.53 bits per heavy atom. The molecule has 0 radical (unpaired) electrons. The molecule has 7 nitrogen and oxygen atoms in total. The maximum Gasteiger partial charge on any atom is 0.326 e. The second-order valence-corrected chi connectivity index (χ2v) is 3.87. The van der Waals surface area contributed by atoms with E-state index in [-0.39, 0.29) is 17.9 Å². The molecule has 0 spiro atoms. The van der Waals surface area contributed by atoms with Gasteiger partial charge in [-0.2, -0.15) is 0 Å². The molecule has 1 heterocycles. The van der Waals surface area contributed by atoms with Crippen molar-refractivity contribution in [2.45, 2.75) is 18.9 Å². The SMILES string of the molecule is COCCCC(NC(=O)c1ncccc1O)C(=O)O. The van der Waals surface area contributed by atoms with Crippen molar-refractivity contribution in [3.05, 3.63) is 24.0 Å². The van der Waals surface area contributed by atoms with E-state index >= 15 is 0 Å². The number of carboxylic acid groups (broad SMARTS) is 1. The third-order valence-electron chi connectivity index (χ3n) is 2.45. The molecule has 104 valence electrons. The Labute approximate surface area is 110 Å². The predicted molar refractivity (Wildman–Crippen MR) is 65.9 cm³/mol. The second kappa shape index (κ2) is 7.32. The number of aromatic hydroxyl groups is 1. The summed E-state index contributed by atoms with van der Waals surface area (Å²) in [5.74, 6) is -2.15. The van der Waals surface area contributed by atoms with Crippen LogP contribution in [0.2, 0.25) is 0 Å². The van der Waals surface area contributed by atoms with Gasteiger partial charge in [0.2, 0.25) is 0 Å². The third-order valence-corrected chi connectivity index (χ3v) is 2.45. The molecule has 0 aliphatic heterocycles. The van der Waals surface area contributed by atoms with Crippen molar-refractivity contribution in [1.82, 2.24) is 10.3 Å². The summed E-state index contributed by atoms with van der Waals surface area (Å²) in [5.41, 5.74) is -0.194. The van der Waals surface area contributed by atoms with Gasteiger partial charge in [-0.05, 0) is 25.0 Å². The number of aromatic nitrogens is 1. The van der Waals surface area contributed by atoms with Crippen LogP contribution >= 0.6 is 0 Å². The summed E-state index contributed by atoms with van der Waals surface area (Å²) in [6.45, 7) is 0.411. The summed E-state index contributed by atoms with van der Waals surface area (Å²) in [6.07, 6.45) is 2.08. The molecule has 1 atom stereocenters. The molecule has 0 aliphatic carbocycles. The van der Waals surface area contributed by atoms with Crippen molar-refractivity contribution in [3.8, 4) is 5.75 Å². The fraction of sp³-hybridized carbons (Fsp3) is 0.417. The van der Waals surface area contributed by atoms with Crippen molar-refractivity contribution in [3.63, 3.8) is 0 Å². The highest BCUT2D eigenvalue weighted by atomic mass is 16.5. The van der Waals surface area contributed by atoms with E-state index in [2.05, 4.69) is 10.3 Å². The minimum atomic E-state index is -1.14. The number of amides is 1. The topological polar surface area (TPSA) is 109 Å². The lowest BCUT2D eigenvalue weighted by Crippen LogP contribution is -2.41. The Kier molecular flexibility index (Phi) is 5.74. The lowest BCUT2D eigenvalue weighted by Gasteiger charge is -2.14. The van der Waals surface area contributed by atoms with Gasteiger partial charge < -0.3 is 20.3 Å². The molecule has 7 heteroatoms. The number of hydrogen-bond donors (Lipinski definition) is 3. The van der Waals surface area contributed by atoms with E-state index in [1.807, 2.05) is 0 Å². The Balaban J connectivity index is 2.66. The Morgan fingerprint density at radius 3 is 2.84 bits per heavy atom. The molecule has 0 aromatic carbocycles. The first kappa shape index (κ1) is 14.9. The largest absolute Gasteiger partial charge is 0.505 e. The lowest BCUT2D eigenvalue weighted by atomic mass is 10.1. The van der Waals surface area contributed by atoms with E-state index in [4.69, 9.17) is 9.84 Å². The van der Waals surface area contributed by atoms with Crippen LogP contribution in [0.15, 0.2) is 18.3 Å². The number of nitrogens with one attached hydrogen (secondary N) is 1. The fourth-order valence-electron chi connectivity index (χ4n) is 1.49. The number of ether oxygens (including phenoxy) is 1. The number of aliphatic carboxylic acids is 1. The van der Waals surface area contributed by atoms with Gasteiger partial charge in [-0.3, -0.25) is 4.79 Å². The molecular formula is C12H16N2O5. The van der Waals surface area contributed by atoms with Crippen LogP contribution in [0.1, 0.15) is 23.3 Å². The van der Waals surface area contributed by atoms with Gasteiger partial charge in [0, 0.05) is 19.9 Å². The van der Waals surface area contributed by atoms with Gasteiger partial charge in [0.05, 0.1) is 0 Å². The van der Waals surface area contributed by atoms with Crippen molar-refractivity contribution >= 4 is 11.9 Å². The maximum atomic E-state index is 11.8. The summed E-state index contributed by atoms with van der Waals surface area (Å²) in [6, 6.07) is 1.74. The molecule has 1 aromatic heterocycles. The number of carbonyl (C=O) groups is 2. The van der Waals surface area contributed by atoms with Crippen LogP contribution in [0, 0.1) is 0 Å². The molecule has 0 saturated carbocycles. The molecule has 0 aliphatic rings. The molecule has 0 bridgehead atoms. The van der Waals surface area contributed by atoms with Crippen LogP contribution in [-0.2, 0) is 9.53 Å². The van der Waals surface area contributed by atoms with Gasteiger partial charge >= 0.3 is 5.97 Å². The van der Waals surface area contributed by atoms with E-state index in [0.29, 0.717) is 13.0 Å². The zero-order valence-corrected chi connectivity index (χ0v) is 10.5. The van der Waals surface area contributed by atoms with Gasteiger partial charge in [0.15, 0.2) is 5.69 Å². The predicted octanol–water partition coefficient (Wildman–Crippen LogP) is 0.397. The number of carboxylic acids is 1. The average molecular weight is 268 g/mol. The molecule has 1 unspecified atom stereocenters. The van der Waals surface area contributed by atoms with Gasteiger partial charge in [-0.25, -0.2) is 9.78 Å². The Hall–Kier alpha value is -2.15. The highest BCUT2D eigenvalue weighted by Crippen LogP contribution is 2.12. The number of hydrogen-bond acceptors (Lipinski definition) is 5. The molecule has 3 N–H and O–H groups in total. The van der Waals surface area contributed by atoms with Crippen molar-refractivity contribution in [2.24, 2.45) is 0 Å². The standard InChI is InChI=1S/C12H16N2O5/c1-19-7-3-4-8(12(17)18)14-11(16)10-9(15)5-2-6-13-10/h2,5-6,8,15H,3-4,7H2,1H3,(H,14,16)(H,17,18). The summed E-state index contributed by atoms with van der Waals surface area (Å²) >= 11 is 0. The summed E-state index contributed by atoms with van der Waals surface area (Å²) in [4.78, 5) is 26.5. The average Bonchev–Trinajstić information content (AvgIpc) is 2.38. The van der Waals surface area contributed by atoms with Crippen LogP contribution in [0.5, 0.6) is 5.75 Å².